The summed E-state index contributed by atoms with van der Waals surface area (Å²) in [5.41, 5.74) is 5.38. The van der Waals surface area contributed by atoms with Gasteiger partial charge in [0, 0.05) is 13.0 Å². The van der Waals surface area contributed by atoms with Crippen molar-refractivity contribution in [2.24, 2.45) is 5.73 Å². The Morgan fingerprint density at radius 1 is 0.561 bits per heavy atom. The maximum atomic E-state index is 12.8. The molecule has 0 saturated heterocycles. The third kappa shape index (κ3) is 42.9. The molecule has 0 saturated carbocycles. The maximum absolute atomic E-state index is 12.8. The van der Waals surface area contributed by atoms with E-state index in [0.29, 0.717) is 6.42 Å². The predicted octanol–water partition coefficient (Wildman–Crippen LogP) is 14.1. The number of nitrogens with one attached hydrogen (secondary N) is 1. The van der Waals surface area contributed by atoms with Crippen molar-refractivity contribution in [2.75, 3.05) is 19.8 Å². The molecule has 0 aliphatic rings. The zero-order valence-electron chi connectivity index (χ0n) is 37.6. The highest BCUT2D eigenvalue weighted by atomic mass is 31.2. The number of nitrogens with two attached hydrogens (primary N) is 1. The van der Waals surface area contributed by atoms with E-state index in [1.807, 2.05) is 6.08 Å². The first-order valence-corrected chi connectivity index (χ1v) is 26.0. The van der Waals surface area contributed by atoms with Crippen LogP contribution in [0.5, 0.6) is 0 Å². The maximum Gasteiger partial charge on any atom is 0.472 e. The van der Waals surface area contributed by atoms with Crippen molar-refractivity contribution in [3.63, 3.8) is 0 Å². The molecule has 8 nitrogen and oxygen atoms in total. The van der Waals surface area contributed by atoms with Gasteiger partial charge in [0.15, 0.2) is 0 Å². The summed E-state index contributed by atoms with van der Waals surface area (Å²) >= 11 is 0. The first-order chi connectivity index (χ1) is 27.9. The molecule has 0 rings (SSSR count). The first kappa shape index (κ1) is 56.0. The van der Waals surface area contributed by atoms with Gasteiger partial charge in [0.2, 0.25) is 5.91 Å². The molecular weight excluding hydrogens is 732 g/mol. The van der Waals surface area contributed by atoms with Gasteiger partial charge in [0.05, 0.1) is 25.4 Å². The van der Waals surface area contributed by atoms with Gasteiger partial charge in [-0.05, 0) is 32.1 Å². The molecule has 5 N–H and O–H groups in total. The van der Waals surface area contributed by atoms with Crippen LogP contribution >= 0.6 is 7.82 Å². The Bertz CT molecular complexity index is 948. The smallest absolute Gasteiger partial charge is 0.387 e. The van der Waals surface area contributed by atoms with Crippen molar-refractivity contribution in [3.8, 4) is 0 Å². The Kier molecular flexibility index (Phi) is 43.7. The van der Waals surface area contributed by atoms with Gasteiger partial charge in [0.1, 0.15) is 0 Å². The van der Waals surface area contributed by atoms with E-state index in [1.54, 1.807) is 6.08 Å². The molecule has 0 aromatic carbocycles. The van der Waals surface area contributed by atoms with Gasteiger partial charge in [-0.15, -0.1) is 0 Å². The van der Waals surface area contributed by atoms with E-state index < -0.39 is 20.0 Å². The molecule has 57 heavy (non-hydrogen) atoms. The number of amides is 1. The number of aliphatic hydroxyl groups excluding tert-OH is 1. The summed E-state index contributed by atoms with van der Waals surface area (Å²) in [5.74, 6) is -0.199. The number of hydrogen-bond donors (Lipinski definition) is 4. The zero-order valence-corrected chi connectivity index (χ0v) is 38.5. The number of aliphatic hydroxyl groups is 1. The minimum absolute atomic E-state index is 0.0761. The van der Waals surface area contributed by atoms with Gasteiger partial charge < -0.3 is 21.1 Å². The second kappa shape index (κ2) is 44.5. The molecule has 0 bridgehead atoms. The largest absolute Gasteiger partial charge is 0.472 e. The summed E-state index contributed by atoms with van der Waals surface area (Å²) in [6.07, 6.45) is 52.4. The summed E-state index contributed by atoms with van der Waals surface area (Å²) < 4.78 is 22.2. The predicted molar refractivity (Wildman–Crippen MR) is 245 cm³/mol. The Morgan fingerprint density at radius 2 is 0.930 bits per heavy atom. The van der Waals surface area contributed by atoms with E-state index in [4.69, 9.17) is 14.8 Å². The van der Waals surface area contributed by atoms with Crippen LogP contribution in [0.4, 0.5) is 0 Å². The number of hydrogen-bond acceptors (Lipinski definition) is 6. The molecule has 0 radical (unpaired) electrons. The summed E-state index contributed by atoms with van der Waals surface area (Å²) in [6.45, 7) is 4.15. The number of allylic oxidation sites excluding steroid dienone is 3. The number of carbonyl (C=O) groups excluding carboxylic acids is 1. The van der Waals surface area contributed by atoms with Gasteiger partial charge in [-0.2, -0.15) is 0 Å². The van der Waals surface area contributed by atoms with Crippen LogP contribution in [0.25, 0.3) is 0 Å². The topological polar surface area (TPSA) is 131 Å². The van der Waals surface area contributed by atoms with Crippen molar-refractivity contribution < 1.29 is 28.4 Å². The monoisotopic (exact) mass is 827 g/mol. The highest BCUT2D eigenvalue weighted by Gasteiger charge is 2.26. The lowest BCUT2D eigenvalue weighted by Gasteiger charge is -2.23. The molecule has 0 fully saturated rings. The lowest BCUT2D eigenvalue weighted by molar-refractivity contribution is -0.123. The fraction of sp³-hybridized carbons (Fsp3) is 0.896. The average Bonchev–Trinajstić information content (AvgIpc) is 3.20. The van der Waals surface area contributed by atoms with Crippen LogP contribution in [0, 0.1) is 0 Å². The standard InChI is InChI=1S/C48H95N2O6P/c1-3-5-7-9-11-13-15-17-19-21-23-25-27-29-31-33-35-37-39-41-47(51)46(45-56-57(53,54)55-44-43-49)50-48(52)42-40-38-36-34-32-30-28-26-24-22-20-18-16-14-12-10-8-6-4-2/h31,33,39,41,46-47,51H,3-30,32,34-38,40,42-45,49H2,1-2H3,(H,50,52)(H,53,54)/b33-31+,41-39+. The number of rotatable bonds is 46. The molecule has 3 atom stereocenters. The second-order valence-electron chi connectivity index (χ2n) is 16.7. The average molecular weight is 827 g/mol. The van der Waals surface area contributed by atoms with Gasteiger partial charge in [-0.25, -0.2) is 4.57 Å². The number of carbonyl (C=O) groups is 1. The van der Waals surface area contributed by atoms with E-state index in [9.17, 15) is 19.4 Å². The van der Waals surface area contributed by atoms with Crippen LogP contribution in [0.2, 0.25) is 0 Å². The Balaban J connectivity index is 4.15. The molecular formula is C48H95N2O6P. The van der Waals surface area contributed by atoms with Gasteiger partial charge in [0.25, 0.3) is 0 Å². The molecule has 0 aromatic rings. The molecule has 338 valence electrons. The zero-order chi connectivity index (χ0) is 41.8. The summed E-state index contributed by atoms with van der Waals surface area (Å²) in [6, 6.07) is -0.873. The van der Waals surface area contributed by atoms with Crippen LogP contribution in [0.15, 0.2) is 24.3 Å². The summed E-state index contributed by atoms with van der Waals surface area (Å²) in [5, 5.41) is 13.7. The molecule has 0 aliphatic carbocycles. The van der Waals surface area contributed by atoms with Crippen molar-refractivity contribution in [2.45, 2.75) is 257 Å². The van der Waals surface area contributed by atoms with E-state index in [0.717, 1.165) is 38.5 Å². The van der Waals surface area contributed by atoms with Crippen LogP contribution in [0.1, 0.15) is 245 Å². The van der Waals surface area contributed by atoms with E-state index in [1.165, 1.54) is 186 Å². The van der Waals surface area contributed by atoms with E-state index in [-0.39, 0.29) is 25.7 Å². The minimum Gasteiger partial charge on any atom is -0.387 e. The van der Waals surface area contributed by atoms with Gasteiger partial charge >= 0.3 is 7.82 Å². The Labute approximate surface area is 353 Å². The van der Waals surface area contributed by atoms with Crippen molar-refractivity contribution in [3.05, 3.63) is 24.3 Å². The molecule has 1 amide bonds. The highest BCUT2D eigenvalue weighted by Crippen LogP contribution is 2.43. The minimum atomic E-state index is -4.35. The van der Waals surface area contributed by atoms with E-state index >= 15 is 0 Å². The van der Waals surface area contributed by atoms with Crippen molar-refractivity contribution >= 4 is 13.7 Å². The van der Waals surface area contributed by atoms with Crippen molar-refractivity contribution in [1.29, 1.82) is 0 Å². The molecule has 0 aliphatic heterocycles. The Hall–Kier alpha value is -1.02. The fourth-order valence-electron chi connectivity index (χ4n) is 7.33. The van der Waals surface area contributed by atoms with Crippen molar-refractivity contribution in [1.82, 2.24) is 5.32 Å². The summed E-state index contributed by atoms with van der Waals surface area (Å²) in [4.78, 5) is 22.8. The third-order valence-electron chi connectivity index (χ3n) is 11.0. The summed E-state index contributed by atoms with van der Waals surface area (Å²) in [7, 11) is -4.35. The third-order valence-corrected chi connectivity index (χ3v) is 12.0. The molecule has 0 heterocycles. The first-order valence-electron chi connectivity index (χ1n) is 24.5. The van der Waals surface area contributed by atoms with Crippen LogP contribution in [-0.2, 0) is 18.4 Å². The van der Waals surface area contributed by atoms with Crippen LogP contribution < -0.4 is 11.1 Å². The van der Waals surface area contributed by atoms with Gasteiger partial charge in [-0.1, -0.05) is 231 Å². The lowest BCUT2D eigenvalue weighted by atomic mass is 10.0. The number of phosphoric ester groups is 1. The van der Waals surface area contributed by atoms with Gasteiger partial charge in [-0.3, -0.25) is 13.8 Å². The van der Waals surface area contributed by atoms with E-state index in [2.05, 4.69) is 31.3 Å². The molecule has 3 unspecified atom stereocenters. The normalized spacial score (nSPS) is 14.1. The highest BCUT2D eigenvalue weighted by molar-refractivity contribution is 7.47. The molecule has 9 heteroatoms. The quantitative estimate of drug-likeness (QED) is 0.0273. The molecule has 0 aromatic heterocycles. The lowest BCUT2D eigenvalue weighted by Crippen LogP contribution is -2.45. The molecule has 0 spiro atoms. The second-order valence-corrected chi connectivity index (χ2v) is 18.1. The van der Waals surface area contributed by atoms with Crippen LogP contribution in [0.3, 0.4) is 0 Å². The van der Waals surface area contributed by atoms with Crippen LogP contribution in [-0.4, -0.2) is 47.8 Å². The Morgan fingerprint density at radius 3 is 1.35 bits per heavy atom. The fourth-order valence-corrected chi connectivity index (χ4v) is 8.09. The number of phosphoric acid groups is 1. The SMILES string of the molecule is CCCCCCCCCCCCCCC/C=C/CC/C=C/C(O)C(COP(=O)(O)OCCN)NC(=O)CCCCCCCCCCCCCCCCCCCCC. The number of unbranched alkanes of at least 4 members (excludes halogenated alkanes) is 32.